The van der Waals surface area contributed by atoms with Crippen LogP contribution < -0.4 is 10.2 Å². The van der Waals surface area contributed by atoms with E-state index in [4.69, 9.17) is 0 Å². The summed E-state index contributed by atoms with van der Waals surface area (Å²) in [6.45, 7) is 5.83. The minimum absolute atomic E-state index is 0.0671. The normalized spacial score (nSPS) is 17.4. The van der Waals surface area contributed by atoms with Crippen molar-refractivity contribution < 1.29 is 9.59 Å². The summed E-state index contributed by atoms with van der Waals surface area (Å²) >= 11 is 1.41. The number of nitrogens with one attached hydrogen (secondary N) is 1. The first kappa shape index (κ1) is 19.9. The molecule has 1 N–H and O–H groups in total. The Morgan fingerprint density at radius 3 is 2.55 bits per heavy atom. The van der Waals surface area contributed by atoms with Crippen LogP contribution in [0, 0.1) is 5.92 Å². The summed E-state index contributed by atoms with van der Waals surface area (Å²) < 4.78 is 2.22. The predicted molar refractivity (Wildman–Crippen MR) is 115 cm³/mol. The van der Waals surface area contributed by atoms with Gasteiger partial charge in [-0.3, -0.25) is 14.2 Å². The standard InChI is InChI=1S/C21H27N5O2S/c1-14-9-11-25(12-10-14)20-23-24-21(26(20)16-7-8-16)29-13-19(28)22-18-6-4-3-5-17(18)15(2)27/h3-6,14,16H,7-13H2,1-2H3,(H,22,28). The zero-order valence-corrected chi connectivity index (χ0v) is 17.7. The number of amides is 1. The van der Waals surface area contributed by atoms with Crippen molar-refractivity contribution in [1.29, 1.82) is 0 Å². The molecule has 2 heterocycles. The number of thioether (sulfide) groups is 1. The highest BCUT2D eigenvalue weighted by molar-refractivity contribution is 7.99. The van der Waals surface area contributed by atoms with Gasteiger partial charge in [-0.15, -0.1) is 10.2 Å². The summed E-state index contributed by atoms with van der Waals surface area (Å²) in [7, 11) is 0. The summed E-state index contributed by atoms with van der Waals surface area (Å²) in [6.07, 6.45) is 4.64. The summed E-state index contributed by atoms with van der Waals surface area (Å²) in [6, 6.07) is 7.53. The molecule has 0 unspecified atom stereocenters. The maximum absolute atomic E-state index is 12.5. The second kappa shape index (κ2) is 8.57. The van der Waals surface area contributed by atoms with Crippen LogP contribution in [0.5, 0.6) is 0 Å². The first-order valence-corrected chi connectivity index (χ1v) is 11.2. The van der Waals surface area contributed by atoms with E-state index in [2.05, 4.69) is 31.9 Å². The van der Waals surface area contributed by atoms with Gasteiger partial charge in [0, 0.05) is 24.7 Å². The Bertz CT molecular complexity index is 900. The molecule has 0 radical (unpaired) electrons. The molecule has 0 atom stereocenters. The number of aromatic nitrogens is 3. The molecule has 7 nitrogen and oxygen atoms in total. The van der Waals surface area contributed by atoms with Crippen molar-refractivity contribution in [3.63, 3.8) is 0 Å². The van der Waals surface area contributed by atoms with Crippen LogP contribution >= 0.6 is 11.8 Å². The van der Waals surface area contributed by atoms with Crippen LogP contribution in [-0.4, -0.2) is 45.3 Å². The van der Waals surface area contributed by atoms with E-state index >= 15 is 0 Å². The fraction of sp³-hybridized carbons (Fsp3) is 0.524. The smallest absolute Gasteiger partial charge is 0.234 e. The second-order valence-electron chi connectivity index (χ2n) is 7.99. The van der Waals surface area contributed by atoms with E-state index < -0.39 is 0 Å². The highest BCUT2D eigenvalue weighted by Gasteiger charge is 2.32. The molecule has 4 rings (SSSR count). The quantitative estimate of drug-likeness (QED) is 0.550. The van der Waals surface area contributed by atoms with Gasteiger partial charge < -0.3 is 10.2 Å². The zero-order chi connectivity index (χ0) is 20.4. The number of hydrogen-bond donors (Lipinski definition) is 1. The van der Waals surface area contributed by atoms with Crippen LogP contribution in [0.15, 0.2) is 29.4 Å². The molecule has 0 bridgehead atoms. The van der Waals surface area contributed by atoms with Gasteiger partial charge >= 0.3 is 0 Å². The van der Waals surface area contributed by atoms with Crippen molar-refractivity contribution in [1.82, 2.24) is 14.8 Å². The van der Waals surface area contributed by atoms with Crippen molar-refractivity contribution in [2.24, 2.45) is 5.92 Å². The molecular weight excluding hydrogens is 386 g/mol. The Hall–Kier alpha value is -2.35. The van der Waals surface area contributed by atoms with E-state index in [1.54, 1.807) is 18.2 Å². The topological polar surface area (TPSA) is 80.1 Å². The van der Waals surface area contributed by atoms with Gasteiger partial charge in [0.25, 0.3) is 0 Å². The number of nitrogens with zero attached hydrogens (tertiary/aromatic N) is 4. The lowest BCUT2D eigenvalue weighted by Crippen LogP contribution is -2.34. The van der Waals surface area contributed by atoms with Crippen molar-refractivity contribution in [2.45, 2.75) is 50.7 Å². The van der Waals surface area contributed by atoms with Gasteiger partial charge in [-0.2, -0.15) is 0 Å². The van der Waals surface area contributed by atoms with Crippen molar-refractivity contribution in [3.8, 4) is 0 Å². The third-order valence-electron chi connectivity index (χ3n) is 5.54. The number of para-hydroxylation sites is 1. The van der Waals surface area contributed by atoms with Gasteiger partial charge in [0.05, 0.1) is 11.4 Å². The van der Waals surface area contributed by atoms with Gasteiger partial charge in [-0.1, -0.05) is 30.8 Å². The molecule has 1 aromatic carbocycles. The Morgan fingerprint density at radius 1 is 1.14 bits per heavy atom. The van der Waals surface area contributed by atoms with Crippen molar-refractivity contribution in [3.05, 3.63) is 29.8 Å². The van der Waals surface area contributed by atoms with Crippen LogP contribution in [0.3, 0.4) is 0 Å². The highest BCUT2D eigenvalue weighted by Crippen LogP contribution is 2.41. The number of Topliss-reactive ketones (excluding diaryl/α,β-unsaturated/α-hetero) is 1. The number of ketones is 1. The molecule has 1 aliphatic carbocycles. The summed E-state index contributed by atoms with van der Waals surface area (Å²) in [4.78, 5) is 26.6. The molecule has 2 fully saturated rings. The van der Waals surface area contributed by atoms with Crippen LogP contribution in [0.4, 0.5) is 11.6 Å². The zero-order valence-electron chi connectivity index (χ0n) is 16.9. The Labute approximate surface area is 175 Å². The van der Waals surface area contributed by atoms with Crippen molar-refractivity contribution >= 4 is 35.1 Å². The lowest BCUT2D eigenvalue weighted by atomic mass is 10.00. The number of carbonyl (C=O) groups excluding carboxylic acids is 2. The SMILES string of the molecule is CC(=O)c1ccccc1NC(=O)CSc1nnc(N2CCC(C)CC2)n1C1CC1. The molecular formula is C21H27N5O2S. The Morgan fingerprint density at radius 2 is 1.86 bits per heavy atom. The van der Waals surface area contributed by atoms with E-state index in [0.717, 1.165) is 43.0 Å². The van der Waals surface area contributed by atoms with Crippen LogP contribution in [0.25, 0.3) is 0 Å². The first-order valence-electron chi connectivity index (χ1n) is 10.3. The summed E-state index contributed by atoms with van der Waals surface area (Å²) in [5.41, 5.74) is 1.07. The highest BCUT2D eigenvalue weighted by atomic mass is 32.2. The van der Waals surface area contributed by atoms with Gasteiger partial charge in [0.15, 0.2) is 10.9 Å². The van der Waals surface area contributed by atoms with Crippen molar-refractivity contribution in [2.75, 3.05) is 29.1 Å². The molecule has 0 spiro atoms. The van der Waals surface area contributed by atoms with E-state index in [-0.39, 0.29) is 17.4 Å². The Balaban J connectivity index is 1.42. The number of piperidine rings is 1. The molecule has 154 valence electrons. The Kier molecular flexibility index (Phi) is 5.89. The second-order valence-corrected chi connectivity index (χ2v) is 8.93. The minimum Gasteiger partial charge on any atom is -0.341 e. The molecule has 1 aromatic heterocycles. The minimum atomic E-state index is -0.151. The summed E-state index contributed by atoms with van der Waals surface area (Å²) in [5, 5.41) is 12.5. The molecule has 29 heavy (non-hydrogen) atoms. The molecule has 1 saturated carbocycles. The number of carbonyl (C=O) groups is 2. The third kappa shape index (κ3) is 4.63. The lowest BCUT2D eigenvalue weighted by Gasteiger charge is -2.31. The number of rotatable bonds is 7. The van der Waals surface area contributed by atoms with E-state index in [0.29, 0.717) is 17.3 Å². The summed E-state index contributed by atoms with van der Waals surface area (Å²) in [5.74, 6) is 1.72. The molecule has 1 saturated heterocycles. The molecule has 2 aromatic rings. The van der Waals surface area contributed by atoms with Crippen LogP contribution in [-0.2, 0) is 4.79 Å². The van der Waals surface area contributed by atoms with Crippen LogP contribution in [0.1, 0.15) is 55.9 Å². The van der Waals surface area contributed by atoms with Gasteiger partial charge in [-0.05, 0) is 50.7 Å². The fourth-order valence-corrected chi connectivity index (χ4v) is 4.46. The monoisotopic (exact) mass is 413 g/mol. The predicted octanol–water partition coefficient (Wildman–Crippen LogP) is 3.78. The maximum atomic E-state index is 12.5. The molecule has 1 aliphatic heterocycles. The average molecular weight is 414 g/mol. The fourth-order valence-electron chi connectivity index (χ4n) is 3.66. The van der Waals surface area contributed by atoms with Crippen LogP contribution in [0.2, 0.25) is 0 Å². The van der Waals surface area contributed by atoms with Gasteiger partial charge in [0.2, 0.25) is 11.9 Å². The number of hydrogen-bond acceptors (Lipinski definition) is 6. The van der Waals surface area contributed by atoms with E-state index in [9.17, 15) is 9.59 Å². The molecule has 1 amide bonds. The number of anilines is 2. The number of benzene rings is 1. The first-order chi connectivity index (χ1) is 14.0. The van der Waals surface area contributed by atoms with Gasteiger partial charge in [0.1, 0.15) is 0 Å². The third-order valence-corrected chi connectivity index (χ3v) is 6.48. The van der Waals surface area contributed by atoms with E-state index in [1.165, 1.54) is 31.5 Å². The average Bonchev–Trinajstić information content (AvgIpc) is 3.46. The molecule has 8 heteroatoms. The van der Waals surface area contributed by atoms with E-state index in [1.807, 2.05) is 6.07 Å². The molecule has 2 aliphatic rings. The lowest BCUT2D eigenvalue weighted by molar-refractivity contribution is -0.113. The largest absolute Gasteiger partial charge is 0.341 e. The van der Waals surface area contributed by atoms with Gasteiger partial charge in [-0.25, -0.2) is 0 Å². The maximum Gasteiger partial charge on any atom is 0.234 e.